The summed E-state index contributed by atoms with van der Waals surface area (Å²) in [6, 6.07) is 23.0. The largest absolute Gasteiger partial charge is 0.0622 e. The highest BCUT2D eigenvalue weighted by atomic mass is 14.6. The Morgan fingerprint density at radius 3 is 2.31 bits per heavy atom. The zero-order valence-corrected chi connectivity index (χ0v) is 20.1. The van der Waals surface area contributed by atoms with Crippen molar-refractivity contribution in [2.24, 2.45) is 40.9 Å². The van der Waals surface area contributed by atoms with E-state index in [1.807, 2.05) is 0 Å². The van der Waals surface area contributed by atoms with Crippen molar-refractivity contribution in [2.75, 3.05) is 0 Å². The van der Waals surface area contributed by atoms with Gasteiger partial charge >= 0.3 is 0 Å². The maximum atomic E-state index is 2.74. The lowest BCUT2D eigenvalue weighted by molar-refractivity contribution is -0.0770. The van der Waals surface area contributed by atoms with Crippen LogP contribution in [0.4, 0.5) is 0 Å². The number of fused-ring (bicyclic) bond motifs is 5. The fourth-order valence-corrected chi connectivity index (χ4v) is 9.56. The third-order valence-corrected chi connectivity index (χ3v) is 10.9. The third kappa shape index (κ3) is 3.57. The molecule has 0 heteroatoms. The van der Waals surface area contributed by atoms with Crippen LogP contribution in [0.5, 0.6) is 0 Å². The first kappa shape index (κ1) is 21.0. The molecule has 8 atom stereocenters. The van der Waals surface area contributed by atoms with E-state index in [1.54, 1.807) is 5.56 Å². The second-order valence-electron chi connectivity index (χ2n) is 12.2. The predicted octanol–water partition coefficient (Wildman–Crippen LogP) is 8.67. The van der Waals surface area contributed by atoms with Gasteiger partial charge in [-0.2, -0.15) is 0 Å². The predicted molar refractivity (Wildman–Crippen MR) is 135 cm³/mol. The first-order valence-corrected chi connectivity index (χ1v) is 13.8. The van der Waals surface area contributed by atoms with E-state index in [2.05, 4.69) is 67.6 Å². The van der Waals surface area contributed by atoms with E-state index in [1.165, 1.54) is 76.2 Å². The molecule has 0 aliphatic heterocycles. The Labute approximate surface area is 196 Å². The molecule has 4 aliphatic carbocycles. The normalized spacial score (nSPS) is 40.8. The lowest BCUT2D eigenvalue weighted by atomic mass is 9.46. The summed E-state index contributed by atoms with van der Waals surface area (Å²) < 4.78 is 0. The molecule has 2 aromatic rings. The molecular formula is C32H42. The van der Waals surface area contributed by atoms with E-state index in [0.717, 1.165) is 41.4 Å². The van der Waals surface area contributed by atoms with Crippen LogP contribution >= 0.6 is 0 Å². The SMILES string of the molecule is C[C@]12CC(c3ccccc3)[C@H]3[C@@H](CCC4CCCC[C@@H]43)[C@@H]1CC[C@@H]2CCc1ccccc1. The van der Waals surface area contributed by atoms with Crippen LogP contribution in [0.25, 0.3) is 0 Å². The van der Waals surface area contributed by atoms with Crippen LogP contribution in [0.3, 0.4) is 0 Å². The Morgan fingerprint density at radius 1 is 0.750 bits per heavy atom. The quantitative estimate of drug-likeness (QED) is 0.459. The molecule has 0 heterocycles. The lowest BCUT2D eigenvalue weighted by Crippen LogP contribution is -2.51. The van der Waals surface area contributed by atoms with Gasteiger partial charge in [-0.3, -0.25) is 0 Å². The maximum absolute atomic E-state index is 2.74. The number of hydrogen-bond acceptors (Lipinski definition) is 0. The van der Waals surface area contributed by atoms with Crippen LogP contribution in [0.15, 0.2) is 60.7 Å². The van der Waals surface area contributed by atoms with Crippen LogP contribution in [0.1, 0.15) is 88.2 Å². The molecule has 0 saturated heterocycles. The molecule has 0 nitrogen and oxygen atoms in total. The zero-order valence-electron chi connectivity index (χ0n) is 20.1. The van der Waals surface area contributed by atoms with Crippen LogP contribution in [-0.2, 0) is 6.42 Å². The highest BCUT2D eigenvalue weighted by Crippen LogP contribution is 2.68. The van der Waals surface area contributed by atoms with Crippen molar-refractivity contribution in [1.82, 2.24) is 0 Å². The van der Waals surface area contributed by atoms with E-state index in [9.17, 15) is 0 Å². The molecule has 0 spiro atoms. The van der Waals surface area contributed by atoms with Gasteiger partial charge in [-0.15, -0.1) is 0 Å². The fraction of sp³-hybridized carbons (Fsp3) is 0.625. The molecule has 32 heavy (non-hydrogen) atoms. The summed E-state index contributed by atoms with van der Waals surface area (Å²) in [7, 11) is 0. The topological polar surface area (TPSA) is 0 Å². The van der Waals surface area contributed by atoms with Crippen LogP contribution < -0.4 is 0 Å². The summed E-state index contributed by atoms with van der Waals surface area (Å²) >= 11 is 0. The molecule has 170 valence electrons. The van der Waals surface area contributed by atoms with Crippen molar-refractivity contribution >= 4 is 0 Å². The Kier molecular flexibility index (Phi) is 5.68. The third-order valence-electron chi connectivity index (χ3n) is 10.9. The second kappa shape index (κ2) is 8.66. The van der Waals surface area contributed by atoms with Gasteiger partial charge in [0, 0.05) is 0 Å². The smallest absolute Gasteiger partial charge is 0.0123 e. The molecule has 6 rings (SSSR count). The summed E-state index contributed by atoms with van der Waals surface area (Å²) in [5.74, 6) is 6.68. The summed E-state index contributed by atoms with van der Waals surface area (Å²) in [4.78, 5) is 0. The van der Waals surface area contributed by atoms with Crippen LogP contribution in [-0.4, -0.2) is 0 Å². The van der Waals surface area contributed by atoms with Crippen LogP contribution in [0.2, 0.25) is 0 Å². The Morgan fingerprint density at radius 2 is 1.50 bits per heavy atom. The van der Waals surface area contributed by atoms with Crippen molar-refractivity contribution in [3.8, 4) is 0 Å². The second-order valence-corrected chi connectivity index (χ2v) is 12.2. The number of rotatable bonds is 4. The minimum atomic E-state index is 0.540. The molecule has 0 bridgehead atoms. The molecule has 0 N–H and O–H groups in total. The highest BCUT2D eigenvalue weighted by molar-refractivity contribution is 5.25. The van der Waals surface area contributed by atoms with Gasteiger partial charge < -0.3 is 0 Å². The van der Waals surface area contributed by atoms with Gasteiger partial charge in [0.25, 0.3) is 0 Å². The van der Waals surface area contributed by atoms with Gasteiger partial charge in [0.05, 0.1) is 0 Å². The van der Waals surface area contributed by atoms with E-state index < -0.39 is 0 Å². The Bertz CT molecular complexity index is 885. The first-order valence-electron chi connectivity index (χ1n) is 13.8. The molecule has 2 unspecified atom stereocenters. The highest BCUT2D eigenvalue weighted by Gasteiger charge is 2.59. The number of aryl methyl sites for hydroxylation is 1. The monoisotopic (exact) mass is 426 g/mol. The fourth-order valence-electron chi connectivity index (χ4n) is 9.56. The first-order chi connectivity index (χ1) is 15.7. The molecule has 0 aromatic heterocycles. The summed E-state index contributed by atoms with van der Waals surface area (Å²) in [6.45, 7) is 2.74. The van der Waals surface area contributed by atoms with Gasteiger partial charge in [0.2, 0.25) is 0 Å². The molecule has 2 aromatic carbocycles. The van der Waals surface area contributed by atoms with Crippen molar-refractivity contribution < 1.29 is 0 Å². The van der Waals surface area contributed by atoms with Crippen molar-refractivity contribution in [1.29, 1.82) is 0 Å². The summed E-state index contributed by atoms with van der Waals surface area (Å²) in [5.41, 5.74) is 3.75. The number of benzene rings is 2. The lowest BCUT2D eigenvalue weighted by Gasteiger charge is -2.59. The van der Waals surface area contributed by atoms with Gasteiger partial charge in [0.15, 0.2) is 0 Å². The van der Waals surface area contributed by atoms with E-state index in [4.69, 9.17) is 0 Å². The molecule has 0 radical (unpaired) electrons. The minimum Gasteiger partial charge on any atom is -0.0622 e. The van der Waals surface area contributed by atoms with Crippen molar-refractivity contribution in [3.05, 3.63) is 71.8 Å². The Balaban J connectivity index is 1.31. The minimum absolute atomic E-state index is 0.540. The standard InChI is InChI=1S/C32H42/c1-32-22-29(24-12-6-3-7-13-24)31-27-15-9-8-14-25(27)17-20-28(31)30(32)21-19-26(32)18-16-23-10-4-2-5-11-23/h2-7,10-13,25-31H,8-9,14-22H2,1H3/t25?,26-,27-,28-,29?,30-,31+,32+/m0/s1. The average molecular weight is 427 g/mol. The maximum Gasteiger partial charge on any atom is -0.0123 e. The summed E-state index contributed by atoms with van der Waals surface area (Å²) in [5, 5.41) is 0. The average Bonchev–Trinajstić information content (AvgIpc) is 3.19. The Hall–Kier alpha value is -1.56. The van der Waals surface area contributed by atoms with Crippen molar-refractivity contribution in [2.45, 2.75) is 83.5 Å². The number of hydrogen-bond donors (Lipinski definition) is 0. The van der Waals surface area contributed by atoms with E-state index >= 15 is 0 Å². The molecule has 4 saturated carbocycles. The zero-order chi connectivity index (χ0) is 21.5. The van der Waals surface area contributed by atoms with Crippen LogP contribution in [0, 0.1) is 40.9 Å². The van der Waals surface area contributed by atoms with Gasteiger partial charge in [-0.05, 0) is 109 Å². The van der Waals surface area contributed by atoms with Gasteiger partial charge in [-0.25, -0.2) is 0 Å². The molecular weight excluding hydrogens is 384 g/mol. The van der Waals surface area contributed by atoms with Gasteiger partial charge in [-0.1, -0.05) is 86.8 Å². The van der Waals surface area contributed by atoms with Crippen molar-refractivity contribution in [3.63, 3.8) is 0 Å². The van der Waals surface area contributed by atoms with E-state index in [0.29, 0.717) is 5.41 Å². The van der Waals surface area contributed by atoms with E-state index in [-0.39, 0.29) is 0 Å². The molecule has 0 amide bonds. The van der Waals surface area contributed by atoms with Gasteiger partial charge in [0.1, 0.15) is 0 Å². The molecule has 4 aliphatic rings. The summed E-state index contributed by atoms with van der Waals surface area (Å²) in [6.07, 6.45) is 16.2. The molecule has 4 fully saturated rings.